The number of ether oxygens (including phenoxy) is 2. The highest BCUT2D eigenvalue weighted by atomic mass is 16.5. The lowest BCUT2D eigenvalue weighted by molar-refractivity contribution is -0.0568. The van der Waals surface area contributed by atoms with E-state index in [1.165, 1.54) is 0 Å². The van der Waals surface area contributed by atoms with Gasteiger partial charge in [0.25, 0.3) is 0 Å². The van der Waals surface area contributed by atoms with E-state index < -0.39 is 6.10 Å². The summed E-state index contributed by atoms with van der Waals surface area (Å²) in [6, 6.07) is 0. The minimum Gasteiger partial charge on any atom is -0.391 e. The van der Waals surface area contributed by atoms with Gasteiger partial charge >= 0.3 is 0 Å². The van der Waals surface area contributed by atoms with Gasteiger partial charge in [0.2, 0.25) is 0 Å². The van der Waals surface area contributed by atoms with Crippen LogP contribution in [0.1, 0.15) is 26.7 Å². The highest BCUT2D eigenvalue weighted by Crippen LogP contribution is 2.13. The van der Waals surface area contributed by atoms with Crippen molar-refractivity contribution in [2.24, 2.45) is 0 Å². The molecule has 3 heteroatoms. The van der Waals surface area contributed by atoms with E-state index in [9.17, 15) is 0 Å². The summed E-state index contributed by atoms with van der Waals surface area (Å²) in [5.41, 5.74) is 0. The predicted molar refractivity (Wildman–Crippen MR) is 46.1 cm³/mol. The molecule has 1 aliphatic rings. The van der Waals surface area contributed by atoms with Crippen molar-refractivity contribution in [3.05, 3.63) is 0 Å². The summed E-state index contributed by atoms with van der Waals surface area (Å²) in [5, 5.41) is 9.13. The Morgan fingerprint density at radius 1 is 1.58 bits per heavy atom. The van der Waals surface area contributed by atoms with Crippen LogP contribution in [0.15, 0.2) is 0 Å². The molecule has 0 aromatic carbocycles. The van der Waals surface area contributed by atoms with E-state index in [-0.39, 0.29) is 12.2 Å². The van der Waals surface area contributed by atoms with E-state index in [1.54, 1.807) is 6.92 Å². The Bertz CT molecular complexity index is 117. The molecule has 1 N–H and O–H groups in total. The van der Waals surface area contributed by atoms with Gasteiger partial charge in [0.15, 0.2) is 0 Å². The van der Waals surface area contributed by atoms with Crippen molar-refractivity contribution in [2.45, 2.75) is 45.0 Å². The van der Waals surface area contributed by atoms with Gasteiger partial charge in [-0.2, -0.15) is 0 Å². The molecule has 0 aliphatic carbocycles. The van der Waals surface area contributed by atoms with Crippen molar-refractivity contribution in [2.75, 3.05) is 13.2 Å². The maximum absolute atomic E-state index is 9.13. The SMILES string of the molecule is CC(OCC1CCCO1)[C@@H](C)O. The molecule has 1 saturated heterocycles. The predicted octanol–water partition coefficient (Wildman–Crippen LogP) is 0.951. The van der Waals surface area contributed by atoms with E-state index >= 15 is 0 Å². The molecule has 0 spiro atoms. The zero-order valence-electron chi connectivity index (χ0n) is 7.82. The van der Waals surface area contributed by atoms with Crippen LogP contribution in [0, 0.1) is 0 Å². The second kappa shape index (κ2) is 4.80. The van der Waals surface area contributed by atoms with Crippen LogP contribution < -0.4 is 0 Å². The smallest absolute Gasteiger partial charge is 0.0809 e. The molecule has 72 valence electrons. The lowest BCUT2D eigenvalue weighted by Gasteiger charge is -2.18. The standard InChI is InChI=1S/C9H18O3/c1-7(10)8(2)12-6-9-4-3-5-11-9/h7-10H,3-6H2,1-2H3/t7-,8?,9?/m1/s1. The zero-order valence-corrected chi connectivity index (χ0v) is 7.82. The average molecular weight is 174 g/mol. The molecule has 1 heterocycles. The molecule has 1 fully saturated rings. The molecule has 3 atom stereocenters. The summed E-state index contributed by atoms with van der Waals surface area (Å²) in [5.74, 6) is 0. The monoisotopic (exact) mass is 174 g/mol. The molecule has 12 heavy (non-hydrogen) atoms. The molecule has 2 unspecified atom stereocenters. The first-order valence-electron chi connectivity index (χ1n) is 4.61. The van der Waals surface area contributed by atoms with Crippen LogP contribution in [0.3, 0.4) is 0 Å². The van der Waals surface area contributed by atoms with E-state index in [2.05, 4.69) is 0 Å². The molecular formula is C9H18O3. The molecule has 0 amide bonds. The van der Waals surface area contributed by atoms with Crippen LogP contribution in [-0.2, 0) is 9.47 Å². The average Bonchev–Trinajstić information content (AvgIpc) is 2.51. The van der Waals surface area contributed by atoms with Gasteiger partial charge in [-0.3, -0.25) is 0 Å². The van der Waals surface area contributed by atoms with E-state index in [1.807, 2.05) is 6.92 Å². The second-order valence-corrected chi connectivity index (χ2v) is 3.41. The summed E-state index contributed by atoms with van der Waals surface area (Å²) in [6.07, 6.45) is 2.00. The van der Waals surface area contributed by atoms with Crippen LogP contribution >= 0.6 is 0 Å². The summed E-state index contributed by atoms with van der Waals surface area (Å²) < 4.78 is 10.8. The quantitative estimate of drug-likeness (QED) is 0.689. The Labute approximate surface area is 73.7 Å². The van der Waals surface area contributed by atoms with Crippen LogP contribution in [0.25, 0.3) is 0 Å². The maximum Gasteiger partial charge on any atom is 0.0809 e. The van der Waals surface area contributed by atoms with Gasteiger partial charge in [0.1, 0.15) is 0 Å². The van der Waals surface area contributed by atoms with Gasteiger partial charge in [0, 0.05) is 6.61 Å². The van der Waals surface area contributed by atoms with Gasteiger partial charge in [-0.25, -0.2) is 0 Å². The van der Waals surface area contributed by atoms with Crippen LogP contribution in [0.4, 0.5) is 0 Å². The number of rotatable bonds is 4. The summed E-state index contributed by atoms with van der Waals surface area (Å²) >= 11 is 0. The Balaban J connectivity index is 2.07. The molecule has 3 nitrogen and oxygen atoms in total. The summed E-state index contributed by atoms with van der Waals surface area (Å²) in [7, 11) is 0. The molecule has 1 rings (SSSR count). The summed E-state index contributed by atoms with van der Waals surface area (Å²) in [4.78, 5) is 0. The Morgan fingerprint density at radius 3 is 2.83 bits per heavy atom. The summed E-state index contributed by atoms with van der Waals surface area (Å²) in [6.45, 7) is 5.09. The van der Waals surface area contributed by atoms with Crippen molar-refractivity contribution in [3.63, 3.8) is 0 Å². The lowest BCUT2D eigenvalue weighted by atomic mass is 10.2. The molecule has 0 bridgehead atoms. The molecule has 0 aromatic rings. The second-order valence-electron chi connectivity index (χ2n) is 3.41. The first-order valence-corrected chi connectivity index (χ1v) is 4.61. The van der Waals surface area contributed by atoms with Crippen LogP contribution in [-0.4, -0.2) is 36.6 Å². The highest BCUT2D eigenvalue weighted by Gasteiger charge is 2.17. The first kappa shape index (κ1) is 9.96. The Morgan fingerprint density at radius 2 is 2.33 bits per heavy atom. The van der Waals surface area contributed by atoms with E-state index in [4.69, 9.17) is 14.6 Å². The molecule has 0 radical (unpaired) electrons. The fourth-order valence-corrected chi connectivity index (χ4v) is 1.17. The Kier molecular flexibility index (Phi) is 3.98. The molecule has 0 aromatic heterocycles. The van der Waals surface area contributed by atoms with Crippen molar-refractivity contribution in [3.8, 4) is 0 Å². The van der Waals surface area contributed by atoms with Crippen molar-refractivity contribution >= 4 is 0 Å². The van der Waals surface area contributed by atoms with E-state index in [0.29, 0.717) is 6.61 Å². The highest BCUT2D eigenvalue weighted by molar-refractivity contribution is 4.65. The largest absolute Gasteiger partial charge is 0.391 e. The minimum absolute atomic E-state index is 0.0887. The molecule has 1 aliphatic heterocycles. The third-order valence-corrected chi connectivity index (χ3v) is 2.25. The van der Waals surface area contributed by atoms with Gasteiger partial charge in [-0.05, 0) is 26.7 Å². The third kappa shape index (κ3) is 3.09. The van der Waals surface area contributed by atoms with Crippen molar-refractivity contribution in [1.82, 2.24) is 0 Å². The third-order valence-electron chi connectivity index (χ3n) is 2.25. The van der Waals surface area contributed by atoms with Crippen molar-refractivity contribution in [1.29, 1.82) is 0 Å². The fraction of sp³-hybridized carbons (Fsp3) is 1.00. The number of aliphatic hydroxyl groups excluding tert-OH is 1. The topological polar surface area (TPSA) is 38.7 Å². The van der Waals surface area contributed by atoms with Crippen LogP contribution in [0.5, 0.6) is 0 Å². The normalized spacial score (nSPS) is 28.8. The number of hydrogen-bond donors (Lipinski definition) is 1. The molecular weight excluding hydrogens is 156 g/mol. The molecule has 0 saturated carbocycles. The number of hydrogen-bond acceptors (Lipinski definition) is 3. The number of aliphatic hydroxyl groups is 1. The van der Waals surface area contributed by atoms with Gasteiger partial charge in [-0.1, -0.05) is 0 Å². The van der Waals surface area contributed by atoms with Gasteiger partial charge < -0.3 is 14.6 Å². The zero-order chi connectivity index (χ0) is 8.97. The van der Waals surface area contributed by atoms with E-state index in [0.717, 1.165) is 19.4 Å². The first-order chi connectivity index (χ1) is 5.70. The maximum atomic E-state index is 9.13. The van der Waals surface area contributed by atoms with Gasteiger partial charge in [-0.15, -0.1) is 0 Å². The van der Waals surface area contributed by atoms with Crippen LogP contribution in [0.2, 0.25) is 0 Å². The fourth-order valence-electron chi connectivity index (χ4n) is 1.17. The van der Waals surface area contributed by atoms with Gasteiger partial charge in [0.05, 0.1) is 24.9 Å². The minimum atomic E-state index is -0.397. The Hall–Kier alpha value is -0.120. The lowest BCUT2D eigenvalue weighted by Crippen LogP contribution is -2.27. The van der Waals surface area contributed by atoms with Crippen molar-refractivity contribution < 1.29 is 14.6 Å².